The molecule has 1 heterocycles. The van der Waals surface area contributed by atoms with Gasteiger partial charge in [0.1, 0.15) is 0 Å². The van der Waals surface area contributed by atoms with Gasteiger partial charge >= 0.3 is 0 Å². The quantitative estimate of drug-likeness (QED) is 0.556. The molecule has 1 saturated carbocycles. The second-order valence-corrected chi connectivity index (χ2v) is 8.95. The Hall–Kier alpha value is -2.00. The van der Waals surface area contributed by atoms with Crippen LogP contribution in [0.5, 0.6) is 0 Å². The molecular formula is C25H30N2S. The van der Waals surface area contributed by atoms with Gasteiger partial charge in [0.05, 0.1) is 12.3 Å². The molecule has 0 saturated heterocycles. The molecule has 2 nitrogen and oxygen atoms in total. The highest BCUT2D eigenvalue weighted by atomic mass is 32.2. The van der Waals surface area contributed by atoms with Gasteiger partial charge in [0.2, 0.25) is 0 Å². The van der Waals surface area contributed by atoms with Crippen molar-refractivity contribution in [2.45, 2.75) is 37.0 Å². The molecule has 2 aliphatic rings. The fourth-order valence-corrected chi connectivity index (χ4v) is 5.40. The number of hydrogen-bond acceptors (Lipinski definition) is 3. The minimum atomic E-state index is 0.836. The normalized spacial score (nSPS) is 18.0. The lowest BCUT2D eigenvalue weighted by Gasteiger charge is -2.21. The highest BCUT2D eigenvalue weighted by Crippen LogP contribution is 2.32. The molecular weight excluding hydrogens is 360 g/mol. The number of allylic oxidation sites excluding steroid dienone is 1. The molecule has 1 aliphatic heterocycles. The van der Waals surface area contributed by atoms with Crippen LogP contribution in [0.25, 0.3) is 6.08 Å². The van der Waals surface area contributed by atoms with Crippen LogP contribution >= 0.6 is 11.8 Å². The number of fused-ring (bicyclic) bond motifs is 1. The molecule has 0 radical (unpaired) electrons. The predicted molar refractivity (Wildman–Crippen MR) is 124 cm³/mol. The van der Waals surface area contributed by atoms with E-state index in [4.69, 9.17) is 4.99 Å². The van der Waals surface area contributed by atoms with Gasteiger partial charge in [-0.1, -0.05) is 61.7 Å². The number of aliphatic imine (C=N–C) groups is 1. The van der Waals surface area contributed by atoms with E-state index in [1.54, 1.807) is 0 Å². The van der Waals surface area contributed by atoms with Gasteiger partial charge in [-0.05, 0) is 42.5 Å². The number of thioether (sulfide) groups is 1. The lowest BCUT2D eigenvalue weighted by molar-refractivity contribution is 0.391. The summed E-state index contributed by atoms with van der Waals surface area (Å²) in [4.78, 5) is 8.55. The zero-order chi connectivity index (χ0) is 19.2. The van der Waals surface area contributed by atoms with Crippen LogP contribution < -0.4 is 4.90 Å². The number of nitrogens with zero attached hydrogens (tertiary/aromatic N) is 2. The van der Waals surface area contributed by atoms with E-state index in [0.717, 1.165) is 24.7 Å². The molecule has 4 rings (SSSR count). The summed E-state index contributed by atoms with van der Waals surface area (Å²) in [6.07, 6.45) is 11.5. The molecule has 1 aliphatic carbocycles. The van der Waals surface area contributed by atoms with Crippen LogP contribution in [0.15, 0.2) is 64.5 Å². The number of hydrogen-bond donors (Lipinski definition) is 0. The lowest BCUT2D eigenvalue weighted by atomic mass is 9.91. The number of para-hydroxylation sites is 1. The van der Waals surface area contributed by atoms with E-state index >= 15 is 0 Å². The van der Waals surface area contributed by atoms with Gasteiger partial charge in [-0.15, -0.1) is 11.8 Å². The molecule has 0 atom stereocenters. The van der Waals surface area contributed by atoms with Crippen molar-refractivity contribution in [3.63, 3.8) is 0 Å². The summed E-state index contributed by atoms with van der Waals surface area (Å²) < 4.78 is 0. The number of benzodiazepines with no additional fused rings is 1. The Balaban J connectivity index is 1.52. The van der Waals surface area contributed by atoms with Crippen molar-refractivity contribution in [2.24, 2.45) is 10.9 Å². The average molecular weight is 391 g/mol. The summed E-state index contributed by atoms with van der Waals surface area (Å²) in [5.41, 5.74) is 4.89. The van der Waals surface area contributed by atoms with E-state index in [2.05, 4.69) is 72.6 Å². The Labute approximate surface area is 173 Å². The maximum atomic E-state index is 4.86. The highest BCUT2D eigenvalue weighted by molar-refractivity contribution is 7.99. The van der Waals surface area contributed by atoms with Crippen LogP contribution in [0.2, 0.25) is 0 Å². The Morgan fingerprint density at radius 3 is 2.68 bits per heavy atom. The third kappa shape index (κ3) is 4.70. The summed E-state index contributed by atoms with van der Waals surface area (Å²) in [5, 5.41) is 0. The standard InChI is InChI=1S/C25H30N2S/c1-27-18-17-26-23(22-12-6-7-13-24(22)27)16-15-21-11-5-8-14-25(21)28-19-20-9-3-2-4-10-20/h5-8,11-16,20H,2-4,9-10,17-19H2,1H3. The Morgan fingerprint density at radius 2 is 1.79 bits per heavy atom. The first-order valence-electron chi connectivity index (χ1n) is 10.6. The summed E-state index contributed by atoms with van der Waals surface area (Å²) in [7, 11) is 2.15. The average Bonchev–Trinajstić information content (AvgIpc) is 2.91. The summed E-state index contributed by atoms with van der Waals surface area (Å²) in [5.74, 6) is 2.14. The van der Waals surface area contributed by atoms with E-state index in [9.17, 15) is 0 Å². The van der Waals surface area contributed by atoms with Crippen molar-refractivity contribution in [3.05, 3.63) is 65.7 Å². The maximum absolute atomic E-state index is 4.86. The zero-order valence-corrected chi connectivity index (χ0v) is 17.6. The molecule has 0 unspecified atom stereocenters. The molecule has 0 aromatic heterocycles. The van der Waals surface area contributed by atoms with Crippen LogP contribution in [-0.2, 0) is 0 Å². The van der Waals surface area contributed by atoms with Crippen LogP contribution in [0.4, 0.5) is 5.69 Å². The molecule has 0 spiro atoms. The molecule has 0 N–H and O–H groups in total. The first kappa shape index (κ1) is 19.3. The minimum absolute atomic E-state index is 0.836. The molecule has 2 aromatic rings. The minimum Gasteiger partial charge on any atom is -0.372 e. The molecule has 146 valence electrons. The zero-order valence-electron chi connectivity index (χ0n) is 16.8. The molecule has 0 amide bonds. The molecule has 3 heteroatoms. The van der Waals surface area contributed by atoms with Crippen molar-refractivity contribution in [3.8, 4) is 0 Å². The van der Waals surface area contributed by atoms with Gasteiger partial charge in [0, 0.05) is 35.5 Å². The highest BCUT2D eigenvalue weighted by Gasteiger charge is 2.15. The van der Waals surface area contributed by atoms with Crippen molar-refractivity contribution in [2.75, 3.05) is 30.8 Å². The topological polar surface area (TPSA) is 15.6 Å². The van der Waals surface area contributed by atoms with E-state index in [1.807, 2.05) is 11.8 Å². The largest absolute Gasteiger partial charge is 0.372 e. The van der Waals surface area contributed by atoms with Gasteiger partial charge in [-0.2, -0.15) is 0 Å². The number of anilines is 1. The smallest absolute Gasteiger partial charge is 0.0668 e. The second-order valence-electron chi connectivity index (χ2n) is 7.89. The molecule has 2 aromatic carbocycles. The van der Waals surface area contributed by atoms with Crippen molar-refractivity contribution >= 4 is 29.2 Å². The molecule has 28 heavy (non-hydrogen) atoms. The number of benzene rings is 2. The Bertz CT molecular complexity index is 849. The van der Waals surface area contributed by atoms with Gasteiger partial charge < -0.3 is 4.90 Å². The van der Waals surface area contributed by atoms with Crippen LogP contribution in [0, 0.1) is 5.92 Å². The predicted octanol–water partition coefficient (Wildman–Crippen LogP) is 6.31. The van der Waals surface area contributed by atoms with Crippen LogP contribution in [0.3, 0.4) is 0 Å². The van der Waals surface area contributed by atoms with E-state index in [0.29, 0.717) is 0 Å². The van der Waals surface area contributed by atoms with Crippen molar-refractivity contribution < 1.29 is 0 Å². The summed E-state index contributed by atoms with van der Waals surface area (Å²) >= 11 is 2.03. The van der Waals surface area contributed by atoms with Gasteiger partial charge in [-0.3, -0.25) is 4.99 Å². The Morgan fingerprint density at radius 1 is 1.00 bits per heavy atom. The number of likely N-dealkylation sites (N-methyl/N-ethyl adjacent to an activating group) is 1. The third-order valence-corrected chi connectivity index (χ3v) is 7.17. The van der Waals surface area contributed by atoms with Gasteiger partial charge in [0.25, 0.3) is 0 Å². The summed E-state index contributed by atoms with van der Waals surface area (Å²) in [6, 6.07) is 17.4. The number of rotatable bonds is 5. The molecule has 1 fully saturated rings. The fraction of sp³-hybridized carbons (Fsp3) is 0.400. The van der Waals surface area contributed by atoms with E-state index in [1.165, 1.54) is 59.6 Å². The van der Waals surface area contributed by atoms with Crippen LogP contribution in [0.1, 0.15) is 43.2 Å². The third-order valence-electron chi connectivity index (χ3n) is 5.85. The summed E-state index contributed by atoms with van der Waals surface area (Å²) in [6.45, 7) is 1.80. The van der Waals surface area contributed by atoms with Gasteiger partial charge in [-0.25, -0.2) is 0 Å². The maximum Gasteiger partial charge on any atom is 0.0668 e. The van der Waals surface area contributed by atoms with Crippen molar-refractivity contribution in [1.29, 1.82) is 0 Å². The molecule has 0 bridgehead atoms. The van der Waals surface area contributed by atoms with Crippen LogP contribution in [-0.4, -0.2) is 31.6 Å². The van der Waals surface area contributed by atoms with Gasteiger partial charge in [0.15, 0.2) is 0 Å². The first-order chi connectivity index (χ1) is 13.8. The van der Waals surface area contributed by atoms with E-state index in [-0.39, 0.29) is 0 Å². The monoisotopic (exact) mass is 390 g/mol. The second kappa shape index (κ2) is 9.47. The van der Waals surface area contributed by atoms with Crippen molar-refractivity contribution in [1.82, 2.24) is 0 Å². The Kier molecular flexibility index (Phi) is 6.53. The SMILES string of the molecule is CN1CCN=C(C=Cc2ccccc2SCC2CCCCC2)c2ccccc21. The first-order valence-corrected chi connectivity index (χ1v) is 11.5. The van der Waals surface area contributed by atoms with E-state index < -0.39 is 0 Å². The fourth-order valence-electron chi connectivity index (χ4n) is 4.17. The lowest BCUT2D eigenvalue weighted by Crippen LogP contribution is -2.20.